The lowest BCUT2D eigenvalue weighted by Crippen LogP contribution is -1.96. The molecule has 0 aliphatic heterocycles. The highest BCUT2D eigenvalue weighted by Crippen LogP contribution is 2.17. The standard InChI is InChI=1S/C5H6BrN3O/c1-10-4-3(7)2-8-5(6)9-4/h2H,7H2,1H3. The van der Waals surface area contributed by atoms with Gasteiger partial charge in [0.05, 0.1) is 13.3 Å². The smallest absolute Gasteiger partial charge is 0.241 e. The van der Waals surface area contributed by atoms with E-state index in [-0.39, 0.29) is 0 Å². The fourth-order valence-electron chi connectivity index (χ4n) is 0.519. The van der Waals surface area contributed by atoms with Crippen molar-refractivity contribution in [3.63, 3.8) is 0 Å². The van der Waals surface area contributed by atoms with Crippen molar-refractivity contribution in [3.8, 4) is 5.88 Å². The van der Waals surface area contributed by atoms with Gasteiger partial charge in [0.1, 0.15) is 5.69 Å². The first-order chi connectivity index (χ1) is 4.74. The largest absolute Gasteiger partial charge is 0.479 e. The second-order valence-electron chi connectivity index (χ2n) is 1.60. The topological polar surface area (TPSA) is 61.0 Å². The van der Waals surface area contributed by atoms with Crippen LogP contribution in [0.5, 0.6) is 5.88 Å². The van der Waals surface area contributed by atoms with Crippen molar-refractivity contribution in [3.05, 3.63) is 10.9 Å². The minimum Gasteiger partial charge on any atom is -0.479 e. The Kier molecular flexibility index (Phi) is 2.06. The van der Waals surface area contributed by atoms with E-state index in [2.05, 4.69) is 25.9 Å². The number of anilines is 1. The van der Waals surface area contributed by atoms with E-state index >= 15 is 0 Å². The number of methoxy groups -OCH3 is 1. The van der Waals surface area contributed by atoms with Gasteiger partial charge in [0, 0.05) is 0 Å². The van der Waals surface area contributed by atoms with Gasteiger partial charge in [-0.2, -0.15) is 4.98 Å². The normalized spacial score (nSPS) is 9.40. The Morgan fingerprint density at radius 3 is 2.90 bits per heavy atom. The van der Waals surface area contributed by atoms with Gasteiger partial charge in [0.15, 0.2) is 4.73 Å². The number of nitrogens with zero attached hydrogens (tertiary/aromatic N) is 2. The van der Waals surface area contributed by atoms with Gasteiger partial charge >= 0.3 is 0 Å². The lowest BCUT2D eigenvalue weighted by atomic mass is 10.5. The number of ether oxygens (including phenoxy) is 1. The third kappa shape index (κ3) is 1.36. The monoisotopic (exact) mass is 203 g/mol. The molecule has 0 saturated carbocycles. The van der Waals surface area contributed by atoms with Gasteiger partial charge in [0.2, 0.25) is 5.88 Å². The molecule has 0 aromatic carbocycles. The van der Waals surface area contributed by atoms with Crippen molar-refractivity contribution in [2.45, 2.75) is 0 Å². The maximum Gasteiger partial charge on any atom is 0.241 e. The number of halogens is 1. The van der Waals surface area contributed by atoms with Gasteiger partial charge in [-0.15, -0.1) is 0 Å². The maximum atomic E-state index is 5.43. The van der Waals surface area contributed by atoms with Gasteiger partial charge < -0.3 is 10.5 Å². The van der Waals surface area contributed by atoms with Crippen LogP contribution in [-0.4, -0.2) is 17.1 Å². The minimum absolute atomic E-state index is 0.391. The molecule has 0 spiro atoms. The van der Waals surface area contributed by atoms with Crippen molar-refractivity contribution in [1.82, 2.24) is 9.97 Å². The van der Waals surface area contributed by atoms with Crippen LogP contribution in [0, 0.1) is 0 Å². The predicted octanol–water partition coefficient (Wildman–Crippen LogP) is 0.830. The van der Waals surface area contributed by atoms with E-state index < -0.39 is 0 Å². The van der Waals surface area contributed by atoms with Crippen molar-refractivity contribution < 1.29 is 4.74 Å². The van der Waals surface area contributed by atoms with Crippen LogP contribution in [0.15, 0.2) is 10.9 Å². The number of rotatable bonds is 1. The van der Waals surface area contributed by atoms with E-state index in [1.807, 2.05) is 0 Å². The molecule has 0 aliphatic carbocycles. The first kappa shape index (κ1) is 7.27. The Morgan fingerprint density at radius 2 is 2.40 bits per heavy atom. The Bertz CT molecular complexity index is 240. The lowest BCUT2D eigenvalue weighted by molar-refractivity contribution is 0.398. The molecule has 1 aromatic rings. The molecule has 54 valence electrons. The van der Waals surface area contributed by atoms with Gasteiger partial charge in [-0.1, -0.05) is 0 Å². The quantitative estimate of drug-likeness (QED) is 0.688. The molecule has 1 rings (SSSR count). The zero-order chi connectivity index (χ0) is 7.56. The van der Waals surface area contributed by atoms with E-state index in [0.717, 1.165) is 0 Å². The Morgan fingerprint density at radius 1 is 1.70 bits per heavy atom. The summed E-state index contributed by atoms with van der Waals surface area (Å²) in [6.45, 7) is 0. The molecule has 2 N–H and O–H groups in total. The first-order valence-corrected chi connectivity index (χ1v) is 3.35. The zero-order valence-corrected chi connectivity index (χ0v) is 6.92. The summed E-state index contributed by atoms with van der Waals surface area (Å²) in [6, 6.07) is 0. The Balaban J connectivity index is 3.09. The molecule has 0 amide bonds. The SMILES string of the molecule is COc1nc(Br)ncc1N. The van der Waals surface area contributed by atoms with Crippen LogP contribution < -0.4 is 10.5 Å². The molecule has 10 heavy (non-hydrogen) atoms. The third-order valence-electron chi connectivity index (χ3n) is 0.944. The molecule has 0 fully saturated rings. The van der Waals surface area contributed by atoms with Crippen molar-refractivity contribution in [2.24, 2.45) is 0 Å². The third-order valence-corrected chi connectivity index (χ3v) is 1.33. The number of aromatic nitrogens is 2. The van der Waals surface area contributed by atoms with E-state index in [4.69, 9.17) is 10.5 Å². The maximum absolute atomic E-state index is 5.43. The van der Waals surface area contributed by atoms with Crippen LogP contribution in [0.4, 0.5) is 5.69 Å². The predicted molar refractivity (Wildman–Crippen MR) is 40.7 cm³/mol. The molecule has 0 radical (unpaired) electrons. The zero-order valence-electron chi connectivity index (χ0n) is 5.34. The Hall–Kier alpha value is -0.840. The number of hydrogen-bond acceptors (Lipinski definition) is 4. The molecule has 0 atom stereocenters. The molecular weight excluding hydrogens is 198 g/mol. The Labute approximate surface area is 66.6 Å². The summed E-state index contributed by atoms with van der Waals surface area (Å²) in [5.41, 5.74) is 5.86. The number of nitrogen functional groups attached to an aromatic ring is 1. The van der Waals surface area contributed by atoms with Gasteiger partial charge in [0.25, 0.3) is 0 Å². The van der Waals surface area contributed by atoms with E-state index in [1.54, 1.807) is 0 Å². The summed E-state index contributed by atoms with van der Waals surface area (Å²) >= 11 is 3.08. The van der Waals surface area contributed by atoms with Gasteiger partial charge in [-0.25, -0.2) is 4.98 Å². The first-order valence-electron chi connectivity index (χ1n) is 2.56. The lowest BCUT2D eigenvalue weighted by Gasteiger charge is -2.00. The number of hydrogen-bond donors (Lipinski definition) is 1. The highest BCUT2D eigenvalue weighted by atomic mass is 79.9. The van der Waals surface area contributed by atoms with Crippen LogP contribution in [0.3, 0.4) is 0 Å². The molecule has 1 heterocycles. The number of nitrogens with two attached hydrogens (primary N) is 1. The molecule has 0 unspecified atom stereocenters. The average molecular weight is 204 g/mol. The van der Waals surface area contributed by atoms with E-state index in [0.29, 0.717) is 16.3 Å². The summed E-state index contributed by atoms with van der Waals surface area (Å²) in [4.78, 5) is 7.64. The van der Waals surface area contributed by atoms with Crippen LogP contribution in [0.1, 0.15) is 0 Å². The van der Waals surface area contributed by atoms with Gasteiger partial charge in [-0.3, -0.25) is 0 Å². The average Bonchev–Trinajstić information content (AvgIpc) is 1.94. The fourth-order valence-corrected chi connectivity index (χ4v) is 0.782. The summed E-state index contributed by atoms with van der Waals surface area (Å²) < 4.78 is 5.29. The minimum atomic E-state index is 0.391. The highest BCUT2D eigenvalue weighted by Gasteiger charge is 2.00. The van der Waals surface area contributed by atoms with Crippen molar-refractivity contribution in [1.29, 1.82) is 0 Å². The molecule has 0 saturated heterocycles. The second kappa shape index (κ2) is 2.83. The summed E-state index contributed by atoms with van der Waals surface area (Å²) in [7, 11) is 1.51. The fraction of sp³-hybridized carbons (Fsp3) is 0.200. The molecule has 5 heteroatoms. The highest BCUT2D eigenvalue weighted by molar-refractivity contribution is 9.10. The van der Waals surface area contributed by atoms with Crippen LogP contribution in [0.2, 0.25) is 0 Å². The van der Waals surface area contributed by atoms with Crippen LogP contribution >= 0.6 is 15.9 Å². The summed E-state index contributed by atoms with van der Waals surface area (Å²) in [6.07, 6.45) is 1.48. The molecular formula is C5H6BrN3O. The van der Waals surface area contributed by atoms with Crippen molar-refractivity contribution in [2.75, 3.05) is 12.8 Å². The molecule has 0 bridgehead atoms. The van der Waals surface area contributed by atoms with Crippen LogP contribution in [-0.2, 0) is 0 Å². The molecule has 0 aliphatic rings. The van der Waals surface area contributed by atoms with Crippen molar-refractivity contribution >= 4 is 21.6 Å². The summed E-state index contributed by atoms with van der Waals surface area (Å²) in [5, 5.41) is 0. The molecule has 4 nitrogen and oxygen atoms in total. The van der Waals surface area contributed by atoms with Crippen LogP contribution in [0.25, 0.3) is 0 Å². The second-order valence-corrected chi connectivity index (χ2v) is 2.31. The van der Waals surface area contributed by atoms with E-state index in [9.17, 15) is 0 Å². The van der Waals surface area contributed by atoms with Gasteiger partial charge in [-0.05, 0) is 15.9 Å². The summed E-state index contributed by atoms with van der Waals surface area (Å²) in [5.74, 6) is 0.391. The molecule has 1 aromatic heterocycles. The van der Waals surface area contributed by atoms with E-state index in [1.165, 1.54) is 13.3 Å².